The van der Waals surface area contributed by atoms with Gasteiger partial charge in [-0.15, -0.1) is 0 Å². The summed E-state index contributed by atoms with van der Waals surface area (Å²) in [5.74, 6) is -9.82. The summed E-state index contributed by atoms with van der Waals surface area (Å²) in [7, 11) is 0. The normalized spacial score (nSPS) is 11.8. The lowest BCUT2D eigenvalue weighted by Crippen LogP contribution is -2.21. The average Bonchev–Trinajstić information content (AvgIpc) is 2.87. The van der Waals surface area contributed by atoms with Crippen LogP contribution in [0.1, 0.15) is 24.5 Å². The lowest BCUT2D eigenvalue weighted by Gasteiger charge is -2.15. The van der Waals surface area contributed by atoms with Crippen molar-refractivity contribution in [2.24, 2.45) is 0 Å². The fraction of sp³-hybridized carbons (Fsp3) is 0.138. The number of aryl methyl sites for hydroxylation is 1. The number of halogens is 8. The molecular weight excluding hydrogens is 530 g/mol. The largest absolute Gasteiger partial charge is 0.429 e. The Labute approximate surface area is 218 Å². The van der Waals surface area contributed by atoms with Crippen LogP contribution in [0.15, 0.2) is 66.9 Å². The number of pyridine rings is 1. The van der Waals surface area contributed by atoms with E-state index in [0.29, 0.717) is 17.3 Å². The molecule has 0 aliphatic rings. The zero-order valence-electron chi connectivity index (χ0n) is 20.2. The first-order chi connectivity index (χ1) is 18.5. The molecule has 0 saturated heterocycles. The Hall–Kier alpha value is -4.21. The number of hydrogen-bond acceptors (Lipinski definition) is 2. The van der Waals surface area contributed by atoms with Crippen LogP contribution >= 0.6 is 0 Å². The van der Waals surface area contributed by atoms with E-state index >= 15 is 0 Å². The van der Waals surface area contributed by atoms with Crippen LogP contribution in [0.5, 0.6) is 5.75 Å². The molecule has 2 nitrogen and oxygen atoms in total. The van der Waals surface area contributed by atoms with Crippen LogP contribution in [0.3, 0.4) is 0 Å². The van der Waals surface area contributed by atoms with E-state index in [1.54, 1.807) is 12.3 Å². The molecule has 1 aromatic heterocycles. The van der Waals surface area contributed by atoms with Gasteiger partial charge in [-0.25, -0.2) is 26.3 Å². The first kappa shape index (κ1) is 27.8. The zero-order valence-corrected chi connectivity index (χ0v) is 20.2. The molecule has 0 atom stereocenters. The molecule has 0 saturated carbocycles. The van der Waals surface area contributed by atoms with Crippen molar-refractivity contribution in [1.29, 1.82) is 0 Å². The number of ether oxygens (including phenoxy) is 1. The van der Waals surface area contributed by atoms with Gasteiger partial charge in [0.05, 0.1) is 5.69 Å². The molecule has 4 rings (SSSR count). The highest BCUT2D eigenvalue weighted by molar-refractivity contribution is 5.71. The van der Waals surface area contributed by atoms with Gasteiger partial charge in [-0.2, -0.15) is 8.78 Å². The number of nitrogens with zero attached hydrogens (tertiary/aromatic N) is 1. The second kappa shape index (κ2) is 11.3. The van der Waals surface area contributed by atoms with E-state index in [1.807, 2.05) is 13.0 Å². The Morgan fingerprint density at radius 2 is 1.41 bits per heavy atom. The number of hydrogen-bond donors (Lipinski definition) is 0. The number of rotatable bonds is 8. The number of alkyl halides is 2. The molecule has 39 heavy (non-hydrogen) atoms. The van der Waals surface area contributed by atoms with Gasteiger partial charge in [0, 0.05) is 41.1 Å². The first-order valence-electron chi connectivity index (χ1n) is 11.6. The van der Waals surface area contributed by atoms with E-state index in [-0.39, 0.29) is 29.3 Å². The molecule has 0 aliphatic heterocycles. The van der Waals surface area contributed by atoms with Gasteiger partial charge in [0.25, 0.3) is 0 Å². The predicted molar refractivity (Wildman–Crippen MR) is 130 cm³/mol. The Morgan fingerprint density at radius 3 is 1.97 bits per heavy atom. The molecule has 0 bridgehead atoms. The van der Waals surface area contributed by atoms with Crippen molar-refractivity contribution in [3.05, 3.63) is 113 Å². The molecule has 0 amide bonds. The Bertz CT molecular complexity index is 1490. The van der Waals surface area contributed by atoms with Crippen molar-refractivity contribution in [2.75, 3.05) is 0 Å². The van der Waals surface area contributed by atoms with E-state index in [0.717, 1.165) is 30.5 Å². The van der Waals surface area contributed by atoms with Crippen LogP contribution < -0.4 is 4.74 Å². The molecule has 202 valence electrons. The predicted octanol–water partition coefficient (Wildman–Crippen LogP) is 8.89. The van der Waals surface area contributed by atoms with Gasteiger partial charge in [0.15, 0.2) is 17.5 Å². The Balaban J connectivity index is 1.55. The smallest absolute Gasteiger partial charge is 0.419 e. The summed E-state index contributed by atoms with van der Waals surface area (Å²) in [6, 6.07) is 9.54. The van der Waals surface area contributed by atoms with Crippen molar-refractivity contribution in [2.45, 2.75) is 25.9 Å². The zero-order chi connectivity index (χ0) is 28.3. The molecule has 0 N–H and O–H groups in total. The van der Waals surface area contributed by atoms with Crippen LogP contribution in [0.25, 0.3) is 28.5 Å². The summed E-state index contributed by atoms with van der Waals surface area (Å²) >= 11 is 0. The molecular formula is C29H19F8NO. The molecule has 0 fully saturated rings. The van der Waals surface area contributed by atoms with Gasteiger partial charge in [-0.3, -0.25) is 4.98 Å². The minimum atomic E-state index is -4.28. The standard InChI is InChI=1S/C29H19F8NO/c1-2-3-16-4-7-27(38-15-16)17-5-6-20(22(30)10-17)18-11-23(31)21(24(32)12-18)8-9-29(36,37)39-19-13-25(33)28(35)26(34)14-19/h4-15H,2-3H2,1H3. The molecule has 0 unspecified atom stereocenters. The van der Waals surface area contributed by atoms with Crippen LogP contribution in [0.2, 0.25) is 0 Å². The lowest BCUT2D eigenvalue weighted by molar-refractivity contribution is -0.131. The highest BCUT2D eigenvalue weighted by Gasteiger charge is 2.29. The third-order valence-corrected chi connectivity index (χ3v) is 5.67. The van der Waals surface area contributed by atoms with E-state index in [2.05, 4.69) is 9.72 Å². The van der Waals surface area contributed by atoms with Crippen molar-refractivity contribution < 1.29 is 39.9 Å². The summed E-state index contributed by atoms with van der Waals surface area (Å²) in [6.07, 6.45) is -0.493. The van der Waals surface area contributed by atoms with Crippen molar-refractivity contribution in [1.82, 2.24) is 4.98 Å². The third kappa shape index (κ3) is 6.45. The highest BCUT2D eigenvalue weighted by atomic mass is 19.3. The van der Waals surface area contributed by atoms with Gasteiger partial charge in [0.1, 0.15) is 23.2 Å². The minimum Gasteiger partial charge on any atom is -0.429 e. The quantitative estimate of drug-likeness (QED) is 0.162. The minimum absolute atomic E-state index is 0.0541. The summed E-state index contributed by atoms with van der Waals surface area (Å²) in [5, 5.41) is 0. The van der Waals surface area contributed by atoms with Crippen molar-refractivity contribution in [3.8, 4) is 28.1 Å². The fourth-order valence-electron chi connectivity index (χ4n) is 3.80. The van der Waals surface area contributed by atoms with Crippen LogP contribution in [-0.2, 0) is 6.42 Å². The number of benzene rings is 3. The summed E-state index contributed by atoms with van der Waals surface area (Å²) in [6.45, 7) is 2.03. The van der Waals surface area contributed by atoms with Gasteiger partial charge in [-0.1, -0.05) is 31.5 Å². The van der Waals surface area contributed by atoms with Gasteiger partial charge >= 0.3 is 6.11 Å². The fourth-order valence-corrected chi connectivity index (χ4v) is 3.80. The number of aromatic nitrogens is 1. The van der Waals surface area contributed by atoms with E-state index in [9.17, 15) is 35.1 Å². The molecule has 0 radical (unpaired) electrons. The van der Waals surface area contributed by atoms with Crippen LogP contribution in [0, 0.1) is 34.9 Å². The van der Waals surface area contributed by atoms with E-state index < -0.39 is 52.3 Å². The maximum atomic E-state index is 14.9. The summed E-state index contributed by atoms with van der Waals surface area (Å²) < 4.78 is 116. The molecule has 0 aliphatic carbocycles. The highest BCUT2D eigenvalue weighted by Crippen LogP contribution is 2.32. The van der Waals surface area contributed by atoms with Crippen molar-refractivity contribution >= 4 is 6.08 Å². The topological polar surface area (TPSA) is 22.1 Å². The first-order valence-corrected chi connectivity index (χ1v) is 11.6. The van der Waals surface area contributed by atoms with Gasteiger partial charge < -0.3 is 4.74 Å². The molecule has 3 aromatic carbocycles. The summed E-state index contributed by atoms with van der Waals surface area (Å²) in [5.41, 5.74) is 0.768. The third-order valence-electron chi connectivity index (χ3n) is 5.67. The SMILES string of the molecule is CCCc1ccc(-c2ccc(-c3cc(F)c(C=CC(F)(F)Oc4cc(F)c(F)c(F)c4)c(F)c3)c(F)c2)nc1. The average molecular weight is 549 g/mol. The van der Waals surface area contributed by atoms with Crippen molar-refractivity contribution in [3.63, 3.8) is 0 Å². The van der Waals surface area contributed by atoms with Crippen LogP contribution in [-0.4, -0.2) is 11.1 Å². The van der Waals surface area contributed by atoms with E-state index in [1.165, 1.54) is 18.2 Å². The van der Waals surface area contributed by atoms with E-state index in [4.69, 9.17) is 0 Å². The molecule has 0 spiro atoms. The maximum absolute atomic E-state index is 14.9. The monoisotopic (exact) mass is 549 g/mol. The van der Waals surface area contributed by atoms with Crippen LogP contribution in [0.4, 0.5) is 35.1 Å². The molecule has 10 heteroatoms. The van der Waals surface area contributed by atoms with Gasteiger partial charge in [0.2, 0.25) is 0 Å². The molecule has 1 heterocycles. The summed E-state index contributed by atoms with van der Waals surface area (Å²) in [4.78, 5) is 4.31. The lowest BCUT2D eigenvalue weighted by atomic mass is 9.99. The maximum Gasteiger partial charge on any atom is 0.419 e. The second-order valence-electron chi connectivity index (χ2n) is 8.55. The van der Waals surface area contributed by atoms with Gasteiger partial charge in [-0.05, 0) is 47.9 Å². The Morgan fingerprint density at radius 1 is 0.769 bits per heavy atom. The second-order valence-corrected chi connectivity index (χ2v) is 8.55. The Kier molecular flexibility index (Phi) is 8.03. The molecule has 4 aromatic rings.